The summed E-state index contributed by atoms with van der Waals surface area (Å²) in [4.78, 5) is 37.2. The van der Waals surface area contributed by atoms with Crippen LogP contribution in [0.2, 0.25) is 0 Å². The van der Waals surface area contributed by atoms with Gasteiger partial charge in [0.25, 0.3) is 0 Å². The molecule has 2 aliphatic rings. The summed E-state index contributed by atoms with van der Waals surface area (Å²) in [6.45, 7) is 2.11. The highest BCUT2D eigenvalue weighted by Crippen LogP contribution is 2.44. The number of alkyl carbamates (subject to hydrolysis) is 1. The topological polar surface area (TPSA) is 105 Å². The van der Waals surface area contributed by atoms with Crippen LogP contribution in [0, 0.1) is 5.92 Å². The van der Waals surface area contributed by atoms with Crippen LogP contribution in [0.3, 0.4) is 0 Å². The molecule has 174 valence electrons. The molecule has 1 fully saturated rings. The number of carbonyl (C=O) groups excluding carboxylic acids is 2. The highest BCUT2D eigenvalue weighted by Gasteiger charge is 2.35. The lowest BCUT2D eigenvalue weighted by molar-refractivity contribution is -0.149. The quantitative estimate of drug-likeness (QED) is 0.669. The van der Waals surface area contributed by atoms with Gasteiger partial charge in [-0.2, -0.15) is 0 Å². The second-order valence-corrected chi connectivity index (χ2v) is 8.56. The average Bonchev–Trinajstić information content (AvgIpc) is 3.43. The highest BCUT2D eigenvalue weighted by molar-refractivity contribution is 5.85. The largest absolute Gasteiger partial charge is 0.480 e. The summed E-state index contributed by atoms with van der Waals surface area (Å²) in [7, 11) is 1.48. The van der Waals surface area contributed by atoms with E-state index in [9.17, 15) is 14.4 Å². The van der Waals surface area contributed by atoms with Gasteiger partial charge in [-0.1, -0.05) is 48.5 Å². The third-order valence-corrected chi connectivity index (χ3v) is 6.53. The zero-order valence-corrected chi connectivity index (χ0v) is 18.7. The molecular formula is C25H28N2O6. The number of amides is 2. The van der Waals surface area contributed by atoms with Crippen molar-refractivity contribution in [2.45, 2.75) is 31.4 Å². The number of carboxylic acid groups (broad SMARTS) is 1. The minimum atomic E-state index is -1.06. The average molecular weight is 453 g/mol. The maximum Gasteiger partial charge on any atom is 0.407 e. The van der Waals surface area contributed by atoms with Gasteiger partial charge in [0.2, 0.25) is 5.91 Å². The van der Waals surface area contributed by atoms with Gasteiger partial charge in [-0.3, -0.25) is 4.79 Å². The SMILES string of the molecule is CC(C(=O)O)N(C)C(=O)[C@@H]1CO[C@H](CNC(=O)OCC2c3ccccc3-c3ccccc32)C1. The Balaban J connectivity index is 1.26. The van der Waals surface area contributed by atoms with Crippen LogP contribution in [0.4, 0.5) is 4.79 Å². The first-order valence-electron chi connectivity index (χ1n) is 11.1. The number of likely N-dealkylation sites (N-methyl/N-ethyl adjacent to an activating group) is 1. The van der Waals surface area contributed by atoms with Gasteiger partial charge in [0.15, 0.2) is 0 Å². The summed E-state index contributed by atoms with van der Waals surface area (Å²) in [5.74, 6) is -1.77. The van der Waals surface area contributed by atoms with Crippen molar-refractivity contribution >= 4 is 18.0 Å². The van der Waals surface area contributed by atoms with Gasteiger partial charge < -0.3 is 24.8 Å². The number of rotatable bonds is 7. The van der Waals surface area contributed by atoms with Crippen LogP contribution in [0.15, 0.2) is 48.5 Å². The third kappa shape index (κ3) is 4.71. The van der Waals surface area contributed by atoms with Crippen LogP contribution >= 0.6 is 0 Å². The zero-order valence-electron chi connectivity index (χ0n) is 18.7. The maximum absolute atomic E-state index is 12.5. The Morgan fingerprint density at radius 1 is 1.12 bits per heavy atom. The summed E-state index contributed by atoms with van der Waals surface area (Å²) in [6.07, 6.45) is -0.445. The second-order valence-electron chi connectivity index (χ2n) is 8.56. The molecule has 2 N–H and O–H groups in total. The van der Waals surface area contributed by atoms with Crippen molar-refractivity contribution in [3.8, 4) is 11.1 Å². The lowest BCUT2D eigenvalue weighted by atomic mass is 9.98. The first-order valence-corrected chi connectivity index (χ1v) is 11.1. The summed E-state index contributed by atoms with van der Waals surface area (Å²) in [5.41, 5.74) is 4.62. The van der Waals surface area contributed by atoms with Crippen molar-refractivity contribution in [1.82, 2.24) is 10.2 Å². The fourth-order valence-corrected chi connectivity index (χ4v) is 4.51. The Bertz CT molecular complexity index is 1010. The van der Waals surface area contributed by atoms with E-state index in [-0.39, 0.29) is 37.7 Å². The Morgan fingerprint density at radius 3 is 2.33 bits per heavy atom. The van der Waals surface area contributed by atoms with Crippen molar-refractivity contribution in [2.24, 2.45) is 5.92 Å². The smallest absolute Gasteiger partial charge is 0.407 e. The molecule has 0 spiro atoms. The molecule has 0 bridgehead atoms. The number of carboxylic acids is 1. The summed E-state index contributed by atoms with van der Waals surface area (Å²) in [6, 6.07) is 15.4. The number of hydrogen-bond acceptors (Lipinski definition) is 5. The van der Waals surface area contributed by atoms with Crippen LogP contribution in [0.5, 0.6) is 0 Å². The molecule has 1 aliphatic carbocycles. The van der Waals surface area contributed by atoms with Crippen LogP contribution in [0.25, 0.3) is 11.1 Å². The van der Waals surface area contributed by atoms with Crippen molar-refractivity contribution in [3.63, 3.8) is 0 Å². The Kier molecular flexibility index (Phi) is 6.65. The first kappa shape index (κ1) is 22.8. The van der Waals surface area contributed by atoms with Gasteiger partial charge in [-0.15, -0.1) is 0 Å². The zero-order chi connectivity index (χ0) is 23.5. The number of benzene rings is 2. The first-order chi connectivity index (χ1) is 15.9. The molecule has 8 nitrogen and oxygen atoms in total. The predicted octanol–water partition coefficient (Wildman–Crippen LogP) is 2.86. The van der Waals surface area contributed by atoms with Crippen molar-refractivity contribution in [3.05, 3.63) is 59.7 Å². The maximum atomic E-state index is 12.5. The molecule has 4 rings (SSSR count). The van der Waals surface area contributed by atoms with Crippen LogP contribution in [-0.2, 0) is 19.1 Å². The molecule has 0 aromatic heterocycles. The van der Waals surface area contributed by atoms with E-state index >= 15 is 0 Å². The molecule has 2 aromatic rings. The van der Waals surface area contributed by atoms with E-state index in [1.54, 1.807) is 0 Å². The molecule has 1 saturated heterocycles. The van der Waals surface area contributed by atoms with E-state index in [1.165, 1.54) is 30.0 Å². The number of hydrogen-bond donors (Lipinski definition) is 2. The Hall–Kier alpha value is -3.39. The molecule has 2 amide bonds. The van der Waals surface area contributed by atoms with Crippen LogP contribution in [0.1, 0.15) is 30.4 Å². The molecule has 33 heavy (non-hydrogen) atoms. The monoisotopic (exact) mass is 452 g/mol. The molecule has 3 atom stereocenters. The number of aliphatic carboxylic acids is 1. The molecule has 0 radical (unpaired) electrons. The summed E-state index contributed by atoms with van der Waals surface area (Å²) < 4.78 is 11.2. The number of nitrogens with one attached hydrogen (secondary N) is 1. The lowest BCUT2D eigenvalue weighted by Crippen LogP contribution is -2.43. The van der Waals surface area contributed by atoms with Gasteiger partial charge in [0, 0.05) is 19.5 Å². The van der Waals surface area contributed by atoms with E-state index < -0.39 is 24.0 Å². The summed E-state index contributed by atoms with van der Waals surface area (Å²) >= 11 is 0. The lowest BCUT2D eigenvalue weighted by Gasteiger charge is -2.24. The number of ether oxygens (including phenoxy) is 2. The second kappa shape index (κ2) is 9.62. The number of carbonyl (C=O) groups is 3. The van der Waals surface area contributed by atoms with Crippen molar-refractivity contribution in [2.75, 3.05) is 26.8 Å². The molecule has 8 heteroatoms. The van der Waals surface area contributed by atoms with Gasteiger partial charge >= 0.3 is 12.1 Å². The molecular weight excluding hydrogens is 424 g/mol. The fourth-order valence-electron chi connectivity index (χ4n) is 4.51. The van der Waals surface area contributed by atoms with E-state index in [0.29, 0.717) is 6.42 Å². The molecule has 1 aliphatic heterocycles. The third-order valence-electron chi connectivity index (χ3n) is 6.53. The molecule has 0 saturated carbocycles. The van der Waals surface area contributed by atoms with Crippen LogP contribution in [-0.4, -0.2) is 66.9 Å². The minimum Gasteiger partial charge on any atom is -0.480 e. The Morgan fingerprint density at radius 2 is 1.73 bits per heavy atom. The van der Waals surface area contributed by atoms with Gasteiger partial charge in [-0.05, 0) is 35.6 Å². The Labute approximate surface area is 192 Å². The fraction of sp³-hybridized carbons (Fsp3) is 0.400. The van der Waals surface area contributed by atoms with Crippen molar-refractivity contribution < 1.29 is 29.0 Å². The van der Waals surface area contributed by atoms with Gasteiger partial charge in [0.05, 0.1) is 18.6 Å². The van der Waals surface area contributed by atoms with E-state index in [1.807, 2.05) is 24.3 Å². The van der Waals surface area contributed by atoms with Gasteiger partial charge in [0.1, 0.15) is 12.6 Å². The van der Waals surface area contributed by atoms with E-state index in [4.69, 9.17) is 14.6 Å². The number of fused-ring (bicyclic) bond motifs is 3. The van der Waals surface area contributed by atoms with Crippen molar-refractivity contribution in [1.29, 1.82) is 0 Å². The molecule has 2 aromatic carbocycles. The van der Waals surface area contributed by atoms with Gasteiger partial charge in [-0.25, -0.2) is 9.59 Å². The van der Waals surface area contributed by atoms with E-state index in [0.717, 1.165) is 11.1 Å². The predicted molar refractivity (Wildman–Crippen MR) is 121 cm³/mol. The molecule has 1 unspecified atom stereocenters. The standard InChI is InChI=1S/C25H28N2O6/c1-15(24(29)30)27(2)23(28)16-11-17(32-13-16)12-26-25(31)33-14-22-20-9-5-3-7-18(20)19-8-4-6-10-21(19)22/h3-10,15-17,22H,11-14H2,1-2H3,(H,26,31)(H,29,30)/t15?,16-,17-/m0/s1. The highest BCUT2D eigenvalue weighted by atomic mass is 16.5. The van der Waals surface area contributed by atoms with Crippen LogP contribution < -0.4 is 5.32 Å². The normalized spacial score (nSPS) is 19.9. The number of nitrogens with zero attached hydrogens (tertiary/aromatic N) is 1. The van der Waals surface area contributed by atoms with E-state index in [2.05, 4.69) is 29.6 Å². The minimum absolute atomic E-state index is 0.0142. The summed E-state index contributed by atoms with van der Waals surface area (Å²) in [5, 5.41) is 11.8. The molecule has 1 heterocycles.